The summed E-state index contributed by atoms with van der Waals surface area (Å²) in [4.78, 5) is 10.6. The largest absolute Gasteiger partial charge is 0.409 e. The fourth-order valence-electron chi connectivity index (χ4n) is 1.87. The molecule has 0 aliphatic carbocycles. The molecule has 122 valence electrons. The molecule has 0 saturated carbocycles. The van der Waals surface area contributed by atoms with Crippen molar-refractivity contribution in [2.75, 3.05) is 5.75 Å². The second kappa shape index (κ2) is 6.41. The van der Waals surface area contributed by atoms with Crippen LogP contribution in [-0.4, -0.2) is 31.2 Å². The standard InChI is InChI=1S/C15H12F3NO3S/c16-15(17,18)7-1-9-23(21,22)14-4-2-13(3-5-14)19-8-6-12(10-19)11-20/h1-8,10-11H,9H2. The summed E-state index contributed by atoms with van der Waals surface area (Å²) in [5.74, 6) is -0.731. The van der Waals surface area contributed by atoms with Gasteiger partial charge in [-0.3, -0.25) is 4.79 Å². The summed E-state index contributed by atoms with van der Waals surface area (Å²) in [6.45, 7) is 0. The predicted molar refractivity (Wildman–Crippen MR) is 78.4 cm³/mol. The Morgan fingerprint density at radius 3 is 2.26 bits per heavy atom. The molecule has 0 aliphatic rings. The highest BCUT2D eigenvalue weighted by Gasteiger charge is 2.22. The van der Waals surface area contributed by atoms with Gasteiger partial charge in [0, 0.05) is 29.7 Å². The Bertz CT molecular complexity index is 818. The minimum absolute atomic E-state index is 0.0733. The third-order valence-corrected chi connectivity index (χ3v) is 4.59. The third-order valence-electron chi connectivity index (χ3n) is 2.97. The van der Waals surface area contributed by atoms with Crippen LogP contribution in [0.5, 0.6) is 0 Å². The van der Waals surface area contributed by atoms with Crippen LogP contribution in [0.2, 0.25) is 0 Å². The maximum absolute atomic E-state index is 12.0. The van der Waals surface area contributed by atoms with E-state index in [9.17, 15) is 26.4 Å². The van der Waals surface area contributed by atoms with Crippen LogP contribution in [0.25, 0.3) is 5.69 Å². The topological polar surface area (TPSA) is 56.1 Å². The minimum Gasteiger partial charge on any atom is -0.323 e. The van der Waals surface area contributed by atoms with Gasteiger partial charge in [0.1, 0.15) is 0 Å². The second-order valence-electron chi connectivity index (χ2n) is 4.69. The Balaban J connectivity index is 2.18. The van der Waals surface area contributed by atoms with Gasteiger partial charge in [-0.25, -0.2) is 8.42 Å². The van der Waals surface area contributed by atoms with E-state index in [0.717, 1.165) is 0 Å². The Labute approximate surface area is 130 Å². The lowest BCUT2D eigenvalue weighted by atomic mass is 10.3. The number of rotatable bonds is 5. The van der Waals surface area contributed by atoms with E-state index in [4.69, 9.17) is 0 Å². The summed E-state index contributed by atoms with van der Waals surface area (Å²) in [7, 11) is -3.83. The first-order chi connectivity index (χ1) is 10.7. The van der Waals surface area contributed by atoms with Crippen molar-refractivity contribution >= 4 is 16.1 Å². The molecule has 0 atom stereocenters. The van der Waals surface area contributed by atoms with Crippen molar-refractivity contribution in [3.8, 4) is 5.69 Å². The number of allylic oxidation sites excluding steroid dienone is 1. The molecule has 23 heavy (non-hydrogen) atoms. The first-order valence-electron chi connectivity index (χ1n) is 6.42. The van der Waals surface area contributed by atoms with Crippen LogP contribution in [0.4, 0.5) is 13.2 Å². The average Bonchev–Trinajstić information content (AvgIpc) is 2.94. The molecule has 1 aromatic heterocycles. The number of hydrogen-bond donors (Lipinski definition) is 0. The van der Waals surface area contributed by atoms with Gasteiger partial charge >= 0.3 is 6.18 Å². The molecule has 0 spiro atoms. The SMILES string of the molecule is O=Cc1ccn(-c2ccc(S(=O)(=O)CC=CC(F)(F)F)cc2)c1. The molecule has 0 bridgehead atoms. The van der Waals surface area contributed by atoms with Gasteiger partial charge in [0.25, 0.3) is 0 Å². The van der Waals surface area contributed by atoms with E-state index in [-0.39, 0.29) is 11.0 Å². The summed E-state index contributed by atoms with van der Waals surface area (Å²) in [6, 6.07) is 7.24. The minimum atomic E-state index is -4.54. The van der Waals surface area contributed by atoms with Gasteiger partial charge in [-0.05, 0) is 30.3 Å². The first kappa shape index (κ1) is 17.0. The molecular formula is C15H12F3NO3S. The highest BCUT2D eigenvalue weighted by atomic mass is 32.2. The molecule has 0 saturated heterocycles. The molecule has 0 amide bonds. The number of benzene rings is 1. The number of aromatic nitrogens is 1. The van der Waals surface area contributed by atoms with Gasteiger partial charge in [-0.15, -0.1) is 0 Å². The number of nitrogens with zero attached hydrogens (tertiary/aromatic N) is 1. The van der Waals surface area contributed by atoms with Gasteiger partial charge < -0.3 is 4.57 Å². The zero-order chi connectivity index (χ0) is 17.1. The maximum Gasteiger partial charge on any atom is 0.409 e. The van der Waals surface area contributed by atoms with Gasteiger partial charge in [-0.2, -0.15) is 13.2 Å². The highest BCUT2D eigenvalue weighted by molar-refractivity contribution is 7.91. The Morgan fingerprint density at radius 1 is 1.09 bits per heavy atom. The van der Waals surface area contributed by atoms with E-state index in [2.05, 4.69) is 0 Å². The fraction of sp³-hybridized carbons (Fsp3) is 0.133. The molecule has 1 aromatic carbocycles. The van der Waals surface area contributed by atoms with Crippen LogP contribution < -0.4 is 0 Å². The van der Waals surface area contributed by atoms with Crippen LogP contribution in [0.3, 0.4) is 0 Å². The van der Waals surface area contributed by atoms with E-state index >= 15 is 0 Å². The lowest BCUT2D eigenvalue weighted by Gasteiger charge is -2.06. The van der Waals surface area contributed by atoms with E-state index in [1.807, 2.05) is 0 Å². The molecule has 4 nitrogen and oxygen atoms in total. The van der Waals surface area contributed by atoms with Crippen molar-refractivity contribution in [3.05, 3.63) is 60.4 Å². The number of carbonyl (C=O) groups excluding carboxylic acids is 1. The third kappa shape index (κ3) is 4.56. The maximum atomic E-state index is 12.0. The van der Waals surface area contributed by atoms with Gasteiger partial charge in [0.15, 0.2) is 16.1 Å². The fourth-order valence-corrected chi connectivity index (χ4v) is 2.97. The van der Waals surface area contributed by atoms with E-state index < -0.39 is 21.8 Å². The van der Waals surface area contributed by atoms with Crippen LogP contribution in [-0.2, 0) is 9.84 Å². The number of aldehydes is 1. The van der Waals surface area contributed by atoms with Crippen molar-refractivity contribution in [1.82, 2.24) is 4.57 Å². The normalized spacial score (nSPS) is 12.7. The summed E-state index contributed by atoms with van der Waals surface area (Å²) in [5.41, 5.74) is 1.10. The predicted octanol–water partition coefficient (Wildman–Crippen LogP) is 3.18. The smallest absolute Gasteiger partial charge is 0.323 e. The number of carbonyl (C=O) groups is 1. The molecule has 1 heterocycles. The Morgan fingerprint density at radius 2 is 1.74 bits per heavy atom. The number of halogens is 3. The van der Waals surface area contributed by atoms with Crippen LogP contribution in [0, 0.1) is 0 Å². The van der Waals surface area contributed by atoms with Crippen molar-refractivity contribution in [2.24, 2.45) is 0 Å². The van der Waals surface area contributed by atoms with E-state index in [0.29, 0.717) is 23.6 Å². The summed E-state index contributed by atoms with van der Waals surface area (Å²) in [6.07, 6.45) is -0.167. The van der Waals surface area contributed by atoms with Gasteiger partial charge in [0.05, 0.1) is 10.6 Å². The van der Waals surface area contributed by atoms with E-state index in [1.165, 1.54) is 24.3 Å². The Kier molecular flexibility index (Phi) is 4.74. The Hall–Kier alpha value is -2.35. The zero-order valence-corrected chi connectivity index (χ0v) is 12.5. The van der Waals surface area contributed by atoms with Crippen molar-refractivity contribution in [2.45, 2.75) is 11.1 Å². The molecule has 2 aromatic rings. The molecule has 2 rings (SSSR count). The van der Waals surface area contributed by atoms with Crippen molar-refractivity contribution in [3.63, 3.8) is 0 Å². The summed E-state index contributed by atoms with van der Waals surface area (Å²) < 4.78 is 61.5. The van der Waals surface area contributed by atoms with Crippen LogP contribution >= 0.6 is 0 Å². The van der Waals surface area contributed by atoms with Crippen molar-refractivity contribution < 1.29 is 26.4 Å². The van der Waals surface area contributed by atoms with Crippen molar-refractivity contribution in [1.29, 1.82) is 0 Å². The van der Waals surface area contributed by atoms with Crippen LogP contribution in [0.15, 0.2) is 59.8 Å². The van der Waals surface area contributed by atoms with Gasteiger partial charge in [0.2, 0.25) is 0 Å². The lowest BCUT2D eigenvalue weighted by Crippen LogP contribution is -2.07. The molecule has 0 radical (unpaired) electrons. The van der Waals surface area contributed by atoms with E-state index in [1.54, 1.807) is 23.0 Å². The monoisotopic (exact) mass is 343 g/mol. The first-order valence-corrected chi connectivity index (χ1v) is 8.07. The molecule has 0 fully saturated rings. The number of sulfone groups is 1. The highest BCUT2D eigenvalue weighted by Crippen LogP contribution is 2.19. The lowest BCUT2D eigenvalue weighted by molar-refractivity contribution is -0.0799. The quantitative estimate of drug-likeness (QED) is 0.619. The molecule has 0 N–H and O–H groups in total. The molecular weight excluding hydrogens is 331 g/mol. The average molecular weight is 343 g/mol. The molecule has 0 unspecified atom stereocenters. The summed E-state index contributed by atoms with van der Waals surface area (Å²) in [5, 5.41) is 0. The number of alkyl halides is 3. The molecule has 0 aliphatic heterocycles. The molecule has 8 heteroatoms. The summed E-state index contributed by atoms with van der Waals surface area (Å²) >= 11 is 0. The zero-order valence-electron chi connectivity index (χ0n) is 11.7. The van der Waals surface area contributed by atoms with Gasteiger partial charge in [-0.1, -0.05) is 6.08 Å². The second-order valence-corrected chi connectivity index (χ2v) is 6.72. The number of hydrogen-bond acceptors (Lipinski definition) is 3. The van der Waals surface area contributed by atoms with Crippen LogP contribution in [0.1, 0.15) is 10.4 Å².